The zero-order valence-corrected chi connectivity index (χ0v) is 20.4. The van der Waals surface area contributed by atoms with Crippen LogP contribution >= 0.6 is 0 Å². The summed E-state index contributed by atoms with van der Waals surface area (Å²) in [5.74, 6) is 0.283. The highest BCUT2D eigenvalue weighted by Gasteiger charge is 2.39. The molecule has 0 radical (unpaired) electrons. The van der Waals surface area contributed by atoms with Crippen LogP contribution in [-0.4, -0.2) is 49.5 Å². The first-order chi connectivity index (χ1) is 16.7. The number of hydrogen-bond donors (Lipinski definition) is 1. The predicted molar refractivity (Wildman–Crippen MR) is 132 cm³/mol. The van der Waals surface area contributed by atoms with Gasteiger partial charge in [0.2, 0.25) is 0 Å². The third kappa shape index (κ3) is 5.09. The second-order valence-electron chi connectivity index (χ2n) is 10.5. The molecule has 1 N–H and O–H groups in total. The third-order valence-electron chi connectivity index (χ3n) is 6.53. The molecular weight excluding hydrogens is 442 g/mol. The Kier molecular flexibility index (Phi) is 5.87. The average molecular weight is 474 g/mol. The fourth-order valence-electron chi connectivity index (χ4n) is 4.72. The highest BCUT2D eigenvalue weighted by Crippen LogP contribution is 2.35. The first kappa shape index (κ1) is 23.1. The number of amides is 1. The Hall–Kier alpha value is -3.61. The van der Waals surface area contributed by atoms with Gasteiger partial charge in [0.05, 0.1) is 5.69 Å². The number of carbonyl (C=O) groups excluding carboxylic acids is 2. The molecule has 1 fully saturated rings. The van der Waals surface area contributed by atoms with Crippen molar-refractivity contribution in [1.82, 2.24) is 14.7 Å². The van der Waals surface area contributed by atoms with Gasteiger partial charge < -0.3 is 14.7 Å². The van der Waals surface area contributed by atoms with Crippen LogP contribution < -0.4 is 0 Å². The number of aryl methyl sites for hydroxylation is 1. The summed E-state index contributed by atoms with van der Waals surface area (Å²) in [5.41, 5.74) is 3.99. The van der Waals surface area contributed by atoms with E-state index in [1.54, 1.807) is 18.3 Å². The Labute approximate surface area is 205 Å². The molecule has 182 valence electrons. The Morgan fingerprint density at radius 3 is 2.20 bits per heavy atom. The Balaban J connectivity index is 1.32. The number of nitrogens with zero attached hydrogens (tertiary/aromatic N) is 3. The van der Waals surface area contributed by atoms with Gasteiger partial charge in [0.1, 0.15) is 11.4 Å². The molecule has 35 heavy (non-hydrogen) atoms. The van der Waals surface area contributed by atoms with Crippen LogP contribution in [0.4, 0.5) is 4.79 Å². The molecule has 1 saturated carbocycles. The summed E-state index contributed by atoms with van der Waals surface area (Å²) in [6, 6.07) is 15.1. The van der Waals surface area contributed by atoms with Crippen LogP contribution in [0.1, 0.15) is 61.6 Å². The molecule has 2 aliphatic rings. The van der Waals surface area contributed by atoms with Crippen LogP contribution in [0.15, 0.2) is 54.7 Å². The Morgan fingerprint density at radius 1 is 0.971 bits per heavy atom. The largest absolute Gasteiger partial charge is 0.508 e. The van der Waals surface area contributed by atoms with Crippen molar-refractivity contribution in [2.45, 2.75) is 70.6 Å². The molecule has 0 spiro atoms. The van der Waals surface area contributed by atoms with Gasteiger partial charge >= 0.3 is 6.09 Å². The van der Waals surface area contributed by atoms with E-state index < -0.39 is 11.7 Å². The maximum Gasteiger partial charge on any atom is 0.435 e. The minimum atomic E-state index is -0.584. The van der Waals surface area contributed by atoms with E-state index in [4.69, 9.17) is 4.74 Å². The molecule has 7 heteroatoms. The topological polar surface area (TPSA) is 84.7 Å². The van der Waals surface area contributed by atoms with E-state index in [1.165, 1.54) is 4.68 Å². The highest BCUT2D eigenvalue weighted by molar-refractivity contribution is 5.95. The fraction of sp³-hybridized carbons (Fsp3) is 0.393. The third-order valence-corrected chi connectivity index (χ3v) is 6.53. The minimum absolute atomic E-state index is 0.0535. The monoisotopic (exact) mass is 473 g/mol. The van der Waals surface area contributed by atoms with Gasteiger partial charge in [0.25, 0.3) is 5.91 Å². The van der Waals surface area contributed by atoms with Crippen LogP contribution in [0.2, 0.25) is 0 Å². The summed E-state index contributed by atoms with van der Waals surface area (Å²) in [6.07, 6.45) is 5.57. The molecular formula is C28H31N3O4. The van der Waals surface area contributed by atoms with E-state index in [-0.39, 0.29) is 23.7 Å². The maximum atomic E-state index is 13.6. The molecule has 3 aromatic rings. The van der Waals surface area contributed by atoms with Crippen molar-refractivity contribution in [2.75, 3.05) is 0 Å². The summed E-state index contributed by atoms with van der Waals surface area (Å²) < 4.78 is 6.75. The molecule has 1 aromatic heterocycles. The number of benzene rings is 2. The van der Waals surface area contributed by atoms with Crippen LogP contribution in [0.25, 0.3) is 11.1 Å². The van der Waals surface area contributed by atoms with Crippen molar-refractivity contribution in [3.63, 3.8) is 0 Å². The quantitative estimate of drug-likeness (QED) is 0.563. The minimum Gasteiger partial charge on any atom is -0.508 e. The van der Waals surface area contributed by atoms with E-state index in [0.29, 0.717) is 12.0 Å². The van der Waals surface area contributed by atoms with Crippen molar-refractivity contribution in [2.24, 2.45) is 0 Å². The molecule has 0 bridgehead atoms. The standard InChI is InChI=1S/C28H31N3O4/c1-28(2,3)35-27(34)30-17-21-16-23(12-15-25(21)29-30)31(22-10-11-22)26(33)20-6-4-18(5-7-20)19-8-13-24(32)14-9-19/h4-9,13-14,17,22-23,32H,10-12,15-16H2,1-3H3. The number of rotatable bonds is 4. The van der Waals surface area contributed by atoms with E-state index in [9.17, 15) is 14.7 Å². The number of carbonyl (C=O) groups is 2. The number of ether oxygens (including phenoxy) is 1. The SMILES string of the molecule is CC(C)(C)OC(=O)n1cc2c(n1)CCC(N(C(=O)c1ccc(-c3ccc(O)cc3)cc1)C1CC1)C2. The summed E-state index contributed by atoms with van der Waals surface area (Å²) >= 11 is 0. The van der Waals surface area contributed by atoms with E-state index in [1.807, 2.05) is 57.2 Å². The zero-order chi connectivity index (χ0) is 24.7. The smallest absolute Gasteiger partial charge is 0.435 e. The van der Waals surface area contributed by atoms with Crippen LogP contribution in [0, 0.1) is 0 Å². The van der Waals surface area contributed by atoms with Gasteiger partial charge in [-0.1, -0.05) is 24.3 Å². The van der Waals surface area contributed by atoms with Crippen molar-refractivity contribution >= 4 is 12.0 Å². The maximum absolute atomic E-state index is 13.6. The lowest BCUT2D eigenvalue weighted by Crippen LogP contribution is -2.44. The molecule has 1 unspecified atom stereocenters. The molecule has 0 aliphatic heterocycles. The van der Waals surface area contributed by atoms with Crippen LogP contribution in [0.5, 0.6) is 5.75 Å². The van der Waals surface area contributed by atoms with Gasteiger partial charge in [-0.15, -0.1) is 0 Å². The number of hydrogen-bond acceptors (Lipinski definition) is 5. The lowest BCUT2D eigenvalue weighted by atomic mass is 9.91. The summed E-state index contributed by atoms with van der Waals surface area (Å²) in [6.45, 7) is 5.50. The molecule has 1 heterocycles. The number of phenolic OH excluding ortho intramolecular Hbond substituents is 1. The highest BCUT2D eigenvalue weighted by atomic mass is 16.6. The first-order valence-corrected chi connectivity index (χ1v) is 12.2. The molecule has 1 amide bonds. The summed E-state index contributed by atoms with van der Waals surface area (Å²) in [4.78, 5) is 28.1. The van der Waals surface area contributed by atoms with Crippen molar-refractivity contribution < 1.29 is 19.4 Å². The number of phenols is 1. The number of fused-ring (bicyclic) bond motifs is 1. The van der Waals surface area contributed by atoms with Gasteiger partial charge in [-0.3, -0.25) is 4.79 Å². The summed E-state index contributed by atoms with van der Waals surface area (Å²) in [7, 11) is 0. The van der Waals surface area contributed by atoms with Crippen molar-refractivity contribution in [3.8, 4) is 16.9 Å². The number of aromatic hydroxyl groups is 1. The molecule has 0 saturated heterocycles. The van der Waals surface area contributed by atoms with Crippen LogP contribution in [-0.2, 0) is 17.6 Å². The average Bonchev–Trinajstić information content (AvgIpc) is 3.55. The zero-order valence-electron chi connectivity index (χ0n) is 20.4. The molecule has 2 aromatic carbocycles. The van der Waals surface area contributed by atoms with Gasteiger partial charge in [0, 0.05) is 23.8 Å². The fourth-order valence-corrected chi connectivity index (χ4v) is 4.72. The van der Waals surface area contributed by atoms with Crippen LogP contribution in [0.3, 0.4) is 0 Å². The second kappa shape index (κ2) is 8.87. The molecule has 7 nitrogen and oxygen atoms in total. The molecule has 1 atom stereocenters. The van der Waals surface area contributed by atoms with Gasteiger partial charge in [-0.2, -0.15) is 9.78 Å². The normalized spacial score (nSPS) is 17.5. The Bertz CT molecular complexity index is 1230. The van der Waals surface area contributed by atoms with Gasteiger partial charge in [0.15, 0.2) is 0 Å². The Morgan fingerprint density at radius 2 is 1.60 bits per heavy atom. The van der Waals surface area contributed by atoms with Gasteiger partial charge in [-0.05, 0) is 93.8 Å². The lowest BCUT2D eigenvalue weighted by molar-refractivity contribution is 0.0513. The molecule has 5 rings (SSSR count). The van der Waals surface area contributed by atoms with Crippen molar-refractivity contribution in [1.29, 1.82) is 0 Å². The first-order valence-electron chi connectivity index (χ1n) is 12.2. The second-order valence-corrected chi connectivity index (χ2v) is 10.5. The van der Waals surface area contributed by atoms with Gasteiger partial charge in [-0.25, -0.2) is 4.79 Å². The summed E-state index contributed by atoms with van der Waals surface area (Å²) in [5, 5.41) is 14.0. The van der Waals surface area contributed by atoms with E-state index in [0.717, 1.165) is 48.1 Å². The van der Waals surface area contributed by atoms with E-state index in [2.05, 4.69) is 10.00 Å². The van der Waals surface area contributed by atoms with Crippen molar-refractivity contribution in [3.05, 3.63) is 71.5 Å². The van der Waals surface area contributed by atoms with E-state index >= 15 is 0 Å². The molecule has 2 aliphatic carbocycles. The number of aromatic nitrogens is 2. The predicted octanol–water partition coefficient (Wildman–Crippen LogP) is 5.20. The lowest BCUT2D eigenvalue weighted by Gasteiger charge is -2.34.